The highest BCUT2D eigenvalue weighted by Crippen LogP contribution is 2.34. The number of anilines is 1. The molecule has 1 aliphatic heterocycles. The van der Waals surface area contributed by atoms with Gasteiger partial charge >= 0.3 is 6.18 Å². The van der Waals surface area contributed by atoms with E-state index in [1.165, 1.54) is 6.20 Å². The molecular weight excluding hydrogens is 507 g/mol. The first-order chi connectivity index (χ1) is 18.7. The van der Waals surface area contributed by atoms with E-state index in [0.29, 0.717) is 18.8 Å². The minimum atomic E-state index is -4.58. The Morgan fingerprint density at radius 2 is 1.82 bits per heavy atom. The van der Waals surface area contributed by atoms with Gasteiger partial charge in [0.1, 0.15) is 5.82 Å². The van der Waals surface area contributed by atoms with Gasteiger partial charge < -0.3 is 10.2 Å². The Morgan fingerprint density at radius 1 is 1.03 bits per heavy atom. The predicted octanol–water partition coefficient (Wildman–Crippen LogP) is 4.66. The number of aromatic nitrogens is 4. The third-order valence-electron chi connectivity index (χ3n) is 6.82. The van der Waals surface area contributed by atoms with Crippen LogP contribution in [0.1, 0.15) is 27.0 Å². The third-order valence-corrected chi connectivity index (χ3v) is 6.82. The number of alkyl halides is 3. The monoisotopic (exact) mass is 535 g/mol. The maximum atomic E-state index is 13.9. The molecule has 8 nitrogen and oxygen atoms in total. The summed E-state index contributed by atoms with van der Waals surface area (Å²) in [6.07, 6.45) is 3.59. The maximum absolute atomic E-state index is 13.9. The molecule has 3 aromatic heterocycles. The van der Waals surface area contributed by atoms with Gasteiger partial charge in [0, 0.05) is 74.2 Å². The molecule has 0 atom stereocenters. The lowest BCUT2D eigenvalue weighted by Gasteiger charge is -2.32. The van der Waals surface area contributed by atoms with E-state index in [1.807, 2.05) is 37.2 Å². The number of hydrogen-bond donors (Lipinski definition) is 1. The fourth-order valence-corrected chi connectivity index (χ4v) is 4.51. The molecule has 1 aliphatic rings. The number of benzene rings is 1. The van der Waals surface area contributed by atoms with E-state index in [1.54, 1.807) is 41.5 Å². The second-order valence-corrected chi connectivity index (χ2v) is 9.67. The van der Waals surface area contributed by atoms with Crippen molar-refractivity contribution < 1.29 is 18.0 Å². The van der Waals surface area contributed by atoms with Crippen molar-refractivity contribution in [3.05, 3.63) is 89.6 Å². The highest BCUT2D eigenvalue weighted by Gasteiger charge is 2.35. The normalized spacial score (nSPS) is 14.9. The summed E-state index contributed by atoms with van der Waals surface area (Å²) in [5.41, 5.74) is 2.87. The lowest BCUT2D eigenvalue weighted by molar-refractivity contribution is -0.138. The van der Waals surface area contributed by atoms with Crippen molar-refractivity contribution in [2.45, 2.75) is 19.6 Å². The van der Waals surface area contributed by atoms with Crippen LogP contribution in [0.25, 0.3) is 16.8 Å². The Morgan fingerprint density at radius 3 is 2.54 bits per heavy atom. The van der Waals surface area contributed by atoms with E-state index in [-0.39, 0.29) is 23.5 Å². The van der Waals surface area contributed by atoms with Gasteiger partial charge in [-0.1, -0.05) is 12.1 Å². The van der Waals surface area contributed by atoms with Crippen molar-refractivity contribution in [1.29, 1.82) is 0 Å². The molecule has 0 radical (unpaired) electrons. The number of pyridine rings is 2. The van der Waals surface area contributed by atoms with Gasteiger partial charge in [-0.15, -0.1) is 0 Å². The van der Waals surface area contributed by atoms with Crippen molar-refractivity contribution in [2.75, 3.05) is 38.5 Å². The number of halogens is 3. The number of hydrogen-bond acceptors (Lipinski definition) is 6. The standard InChI is InChI=1S/C28H28F3N7O/c1-19-5-6-20(12-25(19)38-18-22(16-34-38)21-4-3-7-32-14-21)27(39)35-26-13-24(28(29,30)31)23(15-33-26)17-37-10-8-36(2)9-11-37/h3-7,12-16,18H,8-11,17H2,1-2H3,(H,33,35,39). The summed E-state index contributed by atoms with van der Waals surface area (Å²) in [7, 11) is 1.99. The zero-order chi connectivity index (χ0) is 27.6. The summed E-state index contributed by atoms with van der Waals surface area (Å²) in [6, 6.07) is 9.70. The van der Waals surface area contributed by atoms with Gasteiger partial charge in [0.25, 0.3) is 5.91 Å². The van der Waals surface area contributed by atoms with E-state index in [9.17, 15) is 18.0 Å². The molecule has 39 heavy (non-hydrogen) atoms. The Labute approximate surface area is 224 Å². The van der Waals surface area contributed by atoms with Crippen molar-refractivity contribution in [3.63, 3.8) is 0 Å². The molecule has 1 N–H and O–H groups in total. The van der Waals surface area contributed by atoms with Crippen LogP contribution in [0.2, 0.25) is 0 Å². The molecule has 0 aliphatic carbocycles. The second kappa shape index (κ2) is 11.0. The molecule has 1 saturated heterocycles. The number of piperazine rings is 1. The third kappa shape index (κ3) is 6.15. The number of carbonyl (C=O) groups excluding carboxylic acids is 1. The van der Waals surface area contributed by atoms with E-state index in [4.69, 9.17) is 0 Å². The van der Waals surface area contributed by atoms with Crippen molar-refractivity contribution in [2.24, 2.45) is 0 Å². The number of amides is 1. The molecule has 0 unspecified atom stereocenters. The average molecular weight is 536 g/mol. The van der Waals surface area contributed by atoms with Crippen LogP contribution in [0.3, 0.4) is 0 Å². The molecule has 0 bridgehead atoms. The van der Waals surface area contributed by atoms with Crippen LogP contribution in [0.5, 0.6) is 0 Å². The number of rotatable bonds is 6. The average Bonchev–Trinajstić information content (AvgIpc) is 3.41. The smallest absolute Gasteiger partial charge is 0.307 e. The van der Waals surface area contributed by atoms with E-state index in [0.717, 1.165) is 35.8 Å². The minimum absolute atomic E-state index is 0.0887. The summed E-state index contributed by atoms with van der Waals surface area (Å²) in [4.78, 5) is 25.4. The van der Waals surface area contributed by atoms with Gasteiger partial charge in [0.05, 0.1) is 17.4 Å². The molecule has 1 aromatic carbocycles. The highest BCUT2D eigenvalue weighted by atomic mass is 19.4. The SMILES string of the molecule is Cc1ccc(C(=O)Nc2cc(C(F)(F)F)c(CN3CCN(C)CC3)cn2)cc1-n1cc(-c2cccnc2)cn1. The summed E-state index contributed by atoms with van der Waals surface area (Å²) in [5, 5.41) is 6.95. The molecular formula is C28H28F3N7O. The van der Waals surface area contributed by atoms with Crippen LogP contribution in [-0.2, 0) is 12.7 Å². The first-order valence-electron chi connectivity index (χ1n) is 12.5. The van der Waals surface area contributed by atoms with Crippen LogP contribution in [-0.4, -0.2) is 68.7 Å². The number of likely N-dealkylation sites (N-methyl/N-ethyl adjacent to an activating group) is 1. The largest absolute Gasteiger partial charge is 0.416 e. The van der Waals surface area contributed by atoms with Gasteiger partial charge in [-0.2, -0.15) is 18.3 Å². The van der Waals surface area contributed by atoms with Crippen molar-refractivity contribution in [3.8, 4) is 16.8 Å². The number of nitrogens with zero attached hydrogens (tertiary/aromatic N) is 6. The number of aryl methyl sites for hydroxylation is 1. The van der Waals surface area contributed by atoms with Crippen LogP contribution in [0.15, 0.2) is 67.4 Å². The van der Waals surface area contributed by atoms with Crippen LogP contribution < -0.4 is 5.32 Å². The lowest BCUT2D eigenvalue weighted by atomic mass is 10.1. The Bertz CT molecular complexity index is 1460. The topological polar surface area (TPSA) is 79.2 Å². The zero-order valence-corrected chi connectivity index (χ0v) is 21.6. The van der Waals surface area contributed by atoms with E-state index >= 15 is 0 Å². The van der Waals surface area contributed by atoms with Crippen LogP contribution in [0, 0.1) is 6.92 Å². The quantitative estimate of drug-likeness (QED) is 0.387. The number of carbonyl (C=O) groups is 1. The summed E-state index contributed by atoms with van der Waals surface area (Å²) < 4.78 is 43.5. The van der Waals surface area contributed by atoms with Crippen molar-refractivity contribution in [1.82, 2.24) is 29.5 Å². The second-order valence-electron chi connectivity index (χ2n) is 9.67. The predicted molar refractivity (Wildman–Crippen MR) is 141 cm³/mol. The summed E-state index contributed by atoms with van der Waals surface area (Å²) in [6.45, 7) is 4.99. The Hall–Kier alpha value is -4.09. The molecule has 1 fully saturated rings. The summed E-state index contributed by atoms with van der Waals surface area (Å²) >= 11 is 0. The van der Waals surface area contributed by atoms with Gasteiger partial charge in [-0.05, 0) is 49.4 Å². The van der Waals surface area contributed by atoms with Gasteiger partial charge in [0.15, 0.2) is 0 Å². The molecule has 4 heterocycles. The zero-order valence-electron chi connectivity index (χ0n) is 21.6. The molecule has 0 spiro atoms. The minimum Gasteiger partial charge on any atom is -0.307 e. The lowest BCUT2D eigenvalue weighted by Crippen LogP contribution is -2.44. The molecule has 5 rings (SSSR count). The molecule has 11 heteroatoms. The van der Waals surface area contributed by atoms with E-state index in [2.05, 4.69) is 25.3 Å². The van der Waals surface area contributed by atoms with Crippen LogP contribution >= 0.6 is 0 Å². The molecule has 202 valence electrons. The first kappa shape index (κ1) is 26.5. The van der Waals surface area contributed by atoms with Gasteiger partial charge in [-0.25, -0.2) is 9.67 Å². The van der Waals surface area contributed by atoms with Crippen molar-refractivity contribution >= 4 is 11.7 Å². The summed E-state index contributed by atoms with van der Waals surface area (Å²) in [5.74, 6) is -0.724. The van der Waals surface area contributed by atoms with Crippen LogP contribution in [0.4, 0.5) is 19.0 Å². The Kier molecular flexibility index (Phi) is 7.45. The van der Waals surface area contributed by atoms with Gasteiger partial charge in [0.2, 0.25) is 0 Å². The fraction of sp³-hybridized carbons (Fsp3) is 0.286. The molecule has 0 saturated carbocycles. The fourth-order valence-electron chi connectivity index (χ4n) is 4.51. The maximum Gasteiger partial charge on any atom is 0.416 e. The molecule has 1 amide bonds. The number of nitrogens with one attached hydrogen (secondary N) is 1. The van der Waals surface area contributed by atoms with Gasteiger partial charge in [-0.3, -0.25) is 14.7 Å². The first-order valence-corrected chi connectivity index (χ1v) is 12.5. The Balaban J connectivity index is 1.35. The molecule has 4 aromatic rings. The van der Waals surface area contributed by atoms with E-state index < -0.39 is 17.6 Å². The highest BCUT2D eigenvalue weighted by molar-refractivity contribution is 6.04.